The van der Waals surface area contributed by atoms with Gasteiger partial charge in [-0.3, -0.25) is 4.79 Å². The molecular formula is C11H11ClN2O2S. The molecule has 1 heterocycles. The normalized spacial score (nSPS) is 10.5. The van der Waals surface area contributed by atoms with Gasteiger partial charge in [0.1, 0.15) is 11.6 Å². The molecule has 2 aromatic rings. The van der Waals surface area contributed by atoms with Gasteiger partial charge >= 0.3 is 0 Å². The molecule has 0 radical (unpaired) electrons. The molecule has 1 N–H and O–H groups in total. The maximum absolute atomic E-state index is 11.1. The zero-order valence-electron chi connectivity index (χ0n) is 9.20. The van der Waals surface area contributed by atoms with Crippen LogP contribution in [0.25, 0.3) is 10.2 Å². The van der Waals surface area contributed by atoms with Crippen molar-refractivity contribution in [1.29, 1.82) is 0 Å². The molecule has 0 aliphatic carbocycles. The van der Waals surface area contributed by atoms with E-state index in [1.807, 2.05) is 25.1 Å². The van der Waals surface area contributed by atoms with Crippen molar-refractivity contribution in [1.82, 2.24) is 4.98 Å². The lowest BCUT2D eigenvalue weighted by Crippen LogP contribution is -2.11. The second-order valence-corrected chi connectivity index (χ2v) is 4.56. The lowest BCUT2D eigenvalue weighted by Gasteiger charge is -2.00. The van der Waals surface area contributed by atoms with E-state index in [9.17, 15) is 4.79 Å². The summed E-state index contributed by atoms with van der Waals surface area (Å²) in [7, 11) is 0. The van der Waals surface area contributed by atoms with Gasteiger partial charge in [0.15, 0.2) is 5.13 Å². The lowest BCUT2D eigenvalue weighted by atomic mass is 10.3. The fourth-order valence-electron chi connectivity index (χ4n) is 1.37. The number of carbonyl (C=O) groups excluding carboxylic acids is 1. The summed E-state index contributed by atoms with van der Waals surface area (Å²) >= 11 is 6.81. The smallest absolute Gasteiger partial charge is 0.241 e. The number of benzene rings is 1. The van der Waals surface area contributed by atoms with E-state index >= 15 is 0 Å². The number of nitrogens with zero attached hydrogens (tertiary/aromatic N) is 1. The van der Waals surface area contributed by atoms with Crippen molar-refractivity contribution in [2.24, 2.45) is 0 Å². The van der Waals surface area contributed by atoms with Crippen molar-refractivity contribution < 1.29 is 9.53 Å². The van der Waals surface area contributed by atoms with Crippen LogP contribution in [0.15, 0.2) is 18.2 Å². The van der Waals surface area contributed by atoms with Crippen molar-refractivity contribution >= 4 is 44.2 Å². The van der Waals surface area contributed by atoms with Crippen LogP contribution in [-0.4, -0.2) is 23.4 Å². The van der Waals surface area contributed by atoms with E-state index in [1.54, 1.807) is 0 Å². The summed E-state index contributed by atoms with van der Waals surface area (Å²) in [5.74, 6) is 0.481. The minimum Gasteiger partial charge on any atom is -0.494 e. The first-order valence-electron chi connectivity index (χ1n) is 5.12. The molecule has 0 aliphatic rings. The number of thiazole rings is 1. The third-order valence-corrected chi connectivity index (χ3v) is 3.21. The molecule has 0 fully saturated rings. The third-order valence-electron chi connectivity index (χ3n) is 2.04. The van der Waals surface area contributed by atoms with Crippen molar-refractivity contribution in [3.05, 3.63) is 18.2 Å². The number of hydrogen-bond donors (Lipinski definition) is 1. The van der Waals surface area contributed by atoms with Crippen LogP contribution in [0.1, 0.15) is 6.92 Å². The number of carbonyl (C=O) groups is 1. The highest BCUT2D eigenvalue weighted by molar-refractivity contribution is 7.22. The van der Waals surface area contributed by atoms with Crippen LogP contribution < -0.4 is 10.1 Å². The minimum atomic E-state index is -0.254. The van der Waals surface area contributed by atoms with Crippen LogP contribution in [0.2, 0.25) is 0 Å². The molecule has 0 unspecified atom stereocenters. The Bertz CT molecular complexity index is 541. The molecule has 1 aromatic carbocycles. The Morgan fingerprint density at radius 1 is 1.59 bits per heavy atom. The number of nitrogens with one attached hydrogen (secondary N) is 1. The summed E-state index contributed by atoms with van der Waals surface area (Å²) < 4.78 is 6.37. The number of ether oxygens (including phenoxy) is 1. The maximum Gasteiger partial charge on any atom is 0.241 e. The van der Waals surface area contributed by atoms with E-state index in [0.29, 0.717) is 11.7 Å². The van der Waals surface area contributed by atoms with Gasteiger partial charge in [0.2, 0.25) is 5.91 Å². The molecule has 1 aromatic heterocycles. The quantitative estimate of drug-likeness (QED) is 0.869. The molecule has 0 saturated carbocycles. The SMILES string of the molecule is CCOc1ccc2nc(NC(=O)CCl)sc2c1. The van der Waals surface area contributed by atoms with E-state index < -0.39 is 0 Å². The predicted molar refractivity (Wildman–Crippen MR) is 70.1 cm³/mol. The summed E-state index contributed by atoms with van der Waals surface area (Å²) in [6.45, 7) is 2.56. The zero-order valence-corrected chi connectivity index (χ0v) is 10.8. The van der Waals surface area contributed by atoms with Crippen LogP contribution in [0.3, 0.4) is 0 Å². The number of fused-ring (bicyclic) bond motifs is 1. The lowest BCUT2D eigenvalue weighted by molar-refractivity contribution is -0.113. The monoisotopic (exact) mass is 270 g/mol. The van der Waals surface area contributed by atoms with Crippen LogP contribution in [0.5, 0.6) is 5.75 Å². The molecule has 0 spiro atoms. The largest absolute Gasteiger partial charge is 0.494 e. The van der Waals surface area contributed by atoms with Gasteiger partial charge in [-0.2, -0.15) is 0 Å². The summed E-state index contributed by atoms with van der Waals surface area (Å²) in [6, 6.07) is 5.64. The average molecular weight is 271 g/mol. The number of amides is 1. The fourth-order valence-corrected chi connectivity index (χ4v) is 2.34. The minimum absolute atomic E-state index is 0.0693. The molecule has 1 amide bonds. The van der Waals surface area contributed by atoms with Gasteiger partial charge in [0.05, 0.1) is 16.8 Å². The van der Waals surface area contributed by atoms with E-state index in [4.69, 9.17) is 16.3 Å². The molecule has 0 aliphatic heterocycles. The van der Waals surface area contributed by atoms with E-state index in [2.05, 4.69) is 10.3 Å². The Kier molecular flexibility index (Phi) is 3.81. The maximum atomic E-state index is 11.1. The summed E-state index contributed by atoms with van der Waals surface area (Å²) in [5, 5.41) is 3.18. The Hall–Kier alpha value is -1.33. The van der Waals surface area contributed by atoms with Crippen LogP contribution in [-0.2, 0) is 4.79 Å². The number of alkyl halides is 1. The first kappa shape index (κ1) is 12.1. The first-order valence-corrected chi connectivity index (χ1v) is 6.47. The van der Waals surface area contributed by atoms with Crippen LogP contribution >= 0.6 is 22.9 Å². The standard InChI is InChI=1S/C11H11ClN2O2S/c1-2-16-7-3-4-8-9(5-7)17-11(13-8)14-10(15)6-12/h3-5H,2,6H2,1H3,(H,13,14,15). The molecular weight excluding hydrogens is 260 g/mol. The molecule has 4 nitrogen and oxygen atoms in total. The summed E-state index contributed by atoms with van der Waals surface area (Å²) in [5.41, 5.74) is 0.836. The second-order valence-electron chi connectivity index (χ2n) is 3.26. The van der Waals surface area contributed by atoms with Crippen molar-refractivity contribution in [2.75, 3.05) is 17.8 Å². The molecule has 0 saturated heterocycles. The average Bonchev–Trinajstić information content (AvgIpc) is 2.70. The topological polar surface area (TPSA) is 51.2 Å². The Balaban J connectivity index is 2.27. The van der Waals surface area contributed by atoms with E-state index in [1.165, 1.54) is 11.3 Å². The Morgan fingerprint density at radius 2 is 2.41 bits per heavy atom. The number of aromatic nitrogens is 1. The van der Waals surface area contributed by atoms with Gasteiger partial charge in [0.25, 0.3) is 0 Å². The molecule has 2 rings (SSSR count). The number of rotatable bonds is 4. The predicted octanol–water partition coefficient (Wildman–Crippen LogP) is 2.87. The van der Waals surface area contributed by atoms with Crippen LogP contribution in [0.4, 0.5) is 5.13 Å². The number of anilines is 1. The fraction of sp³-hybridized carbons (Fsp3) is 0.273. The van der Waals surface area contributed by atoms with Gasteiger partial charge in [-0.15, -0.1) is 11.6 Å². The van der Waals surface area contributed by atoms with Crippen LogP contribution in [0, 0.1) is 0 Å². The highest BCUT2D eigenvalue weighted by Crippen LogP contribution is 2.29. The Labute approximate surface area is 108 Å². The van der Waals surface area contributed by atoms with Gasteiger partial charge in [-0.1, -0.05) is 11.3 Å². The van der Waals surface area contributed by atoms with Gasteiger partial charge in [-0.25, -0.2) is 4.98 Å². The highest BCUT2D eigenvalue weighted by atomic mass is 35.5. The third kappa shape index (κ3) is 2.87. The summed E-state index contributed by atoms with van der Waals surface area (Å²) in [4.78, 5) is 15.4. The van der Waals surface area contributed by atoms with Crippen molar-refractivity contribution in [3.8, 4) is 5.75 Å². The molecule has 17 heavy (non-hydrogen) atoms. The van der Waals surface area contributed by atoms with Crippen molar-refractivity contribution in [2.45, 2.75) is 6.92 Å². The van der Waals surface area contributed by atoms with Crippen molar-refractivity contribution in [3.63, 3.8) is 0 Å². The van der Waals surface area contributed by atoms with E-state index in [-0.39, 0.29) is 11.8 Å². The summed E-state index contributed by atoms with van der Waals surface area (Å²) in [6.07, 6.45) is 0. The van der Waals surface area contributed by atoms with Gasteiger partial charge in [0, 0.05) is 0 Å². The van der Waals surface area contributed by atoms with E-state index in [0.717, 1.165) is 16.0 Å². The molecule has 0 atom stereocenters. The number of halogens is 1. The number of hydrogen-bond acceptors (Lipinski definition) is 4. The molecule has 0 bridgehead atoms. The highest BCUT2D eigenvalue weighted by Gasteiger charge is 2.07. The molecule has 6 heteroatoms. The van der Waals surface area contributed by atoms with Gasteiger partial charge in [-0.05, 0) is 25.1 Å². The second kappa shape index (κ2) is 5.33. The zero-order chi connectivity index (χ0) is 12.3. The van der Waals surface area contributed by atoms with Gasteiger partial charge < -0.3 is 10.1 Å². The Morgan fingerprint density at radius 3 is 3.12 bits per heavy atom. The molecule has 90 valence electrons. The first-order chi connectivity index (χ1) is 8.22.